The fraction of sp³-hybridized carbons (Fsp3) is 0.750. The van der Waals surface area contributed by atoms with Gasteiger partial charge in [0.05, 0.1) is 6.54 Å². The standard InChI is InChI=1S/C16H30N2O/c1-6-8-18(9-7-2)12-15-10-16(19-14(15)5)11-17-13(3)4/h10,13,17H,6-9,11-12H2,1-5H3. The summed E-state index contributed by atoms with van der Waals surface area (Å²) in [6, 6.07) is 2.70. The normalized spacial score (nSPS) is 11.7. The summed E-state index contributed by atoms with van der Waals surface area (Å²) in [5, 5.41) is 3.40. The Morgan fingerprint density at radius 3 is 2.37 bits per heavy atom. The van der Waals surface area contributed by atoms with Crippen LogP contribution in [0.3, 0.4) is 0 Å². The largest absolute Gasteiger partial charge is 0.465 e. The minimum atomic E-state index is 0.491. The van der Waals surface area contributed by atoms with Gasteiger partial charge < -0.3 is 9.73 Å². The molecule has 1 rings (SSSR count). The van der Waals surface area contributed by atoms with Crippen molar-refractivity contribution in [3.8, 4) is 0 Å². The van der Waals surface area contributed by atoms with Gasteiger partial charge in [-0.3, -0.25) is 4.90 Å². The van der Waals surface area contributed by atoms with Gasteiger partial charge in [0.2, 0.25) is 0 Å². The number of furan rings is 1. The van der Waals surface area contributed by atoms with E-state index in [-0.39, 0.29) is 0 Å². The summed E-state index contributed by atoms with van der Waals surface area (Å²) in [5.41, 5.74) is 1.34. The lowest BCUT2D eigenvalue weighted by molar-refractivity contribution is 0.265. The Balaban J connectivity index is 2.61. The zero-order valence-corrected chi connectivity index (χ0v) is 13.3. The third-order valence-electron chi connectivity index (χ3n) is 3.23. The predicted octanol–water partition coefficient (Wildman–Crippen LogP) is 3.71. The Morgan fingerprint density at radius 2 is 1.84 bits per heavy atom. The molecule has 1 N–H and O–H groups in total. The molecular weight excluding hydrogens is 236 g/mol. The van der Waals surface area contributed by atoms with Crippen LogP contribution in [0.15, 0.2) is 10.5 Å². The van der Waals surface area contributed by atoms with Crippen molar-refractivity contribution < 1.29 is 4.42 Å². The molecule has 0 spiro atoms. The predicted molar refractivity (Wildman–Crippen MR) is 81.3 cm³/mol. The summed E-state index contributed by atoms with van der Waals surface area (Å²) in [7, 11) is 0. The molecule has 0 fully saturated rings. The minimum Gasteiger partial charge on any atom is -0.465 e. The van der Waals surface area contributed by atoms with Crippen molar-refractivity contribution in [2.75, 3.05) is 13.1 Å². The van der Waals surface area contributed by atoms with Crippen LogP contribution in [-0.4, -0.2) is 24.0 Å². The van der Waals surface area contributed by atoms with Gasteiger partial charge in [0.15, 0.2) is 0 Å². The summed E-state index contributed by atoms with van der Waals surface area (Å²) in [6.07, 6.45) is 2.41. The van der Waals surface area contributed by atoms with Gasteiger partial charge in [0, 0.05) is 18.2 Å². The first-order valence-corrected chi connectivity index (χ1v) is 7.60. The van der Waals surface area contributed by atoms with Crippen molar-refractivity contribution in [1.29, 1.82) is 0 Å². The molecule has 0 aromatic carbocycles. The van der Waals surface area contributed by atoms with Gasteiger partial charge in [-0.1, -0.05) is 27.7 Å². The second kappa shape index (κ2) is 8.39. The molecule has 3 nitrogen and oxygen atoms in total. The second-order valence-electron chi connectivity index (χ2n) is 5.61. The van der Waals surface area contributed by atoms with Gasteiger partial charge in [-0.05, 0) is 38.9 Å². The SMILES string of the molecule is CCCN(CCC)Cc1cc(CNC(C)C)oc1C. The highest BCUT2D eigenvalue weighted by Crippen LogP contribution is 2.17. The molecular formula is C16H30N2O. The molecule has 19 heavy (non-hydrogen) atoms. The first kappa shape index (κ1) is 16.3. The van der Waals surface area contributed by atoms with Crippen molar-refractivity contribution in [2.45, 2.75) is 66.6 Å². The lowest BCUT2D eigenvalue weighted by Crippen LogP contribution is -2.25. The number of nitrogens with one attached hydrogen (secondary N) is 1. The van der Waals surface area contributed by atoms with E-state index < -0.39 is 0 Å². The Bertz CT molecular complexity index is 352. The average molecular weight is 266 g/mol. The van der Waals surface area contributed by atoms with E-state index in [2.05, 4.69) is 50.9 Å². The molecule has 1 aromatic rings. The van der Waals surface area contributed by atoms with E-state index in [0.717, 1.165) is 37.7 Å². The number of nitrogens with zero attached hydrogens (tertiary/aromatic N) is 1. The van der Waals surface area contributed by atoms with Gasteiger partial charge in [-0.2, -0.15) is 0 Å². The van der Waals surface area contributed by atoms with E-state index in [1.165, 1.54) is 18.4 Å². The van der Waals surface area contributed by atoms with E-state index in [4.69, 9.17) is 4.42 Å². The van der Waals surface area contributed by atoms with Crippen LogP contribution in [-0.2, 0) is 13.1 Å². The van der Waals surface area contributed by atoms with Crippen LogP contribution >= 0.6 is 0 Å². The van der Waals surface area contributed by atoms with Gasteiger partial charge in [0.1, 0.15) is 11.5 Å². The highest BCUT2D eigenvalue weighted by molar-refractivity contribution is 5.20. The van der Waals surface area contributed by atoms with Crippen LogP contribution in [0.2, 0.25) is 0 Å². The van der Waals surface area contributed by atoms with Crippen LogP contribution in [0.1, 0.15) is 57.6 Å². The molecule has 0 saturated heterocycles. The summed E-state index contributed by atoms with van der Waals surface area (Å²) in [6.45, 7) is 15.0. The minimum absolute atomic E-state index is 0.491. The van der Waals surface area contributed by atoms with E-state index in [9.17, 15) is 0 Å². The van der Waals surface area contributed by atoms with Crippen molar-refractivity contribution in [3.05, 3.63) is 23.2 Å². The lowest BCUT2D eigenvalue weighted by atomic mass is 10.2. The molecule has 0 aliphatic carbocycles. The van der Waals surface area contributed by atoms with Crippen molar-refractivity contribution >= 4 is 0 Å². The number of hydrogen-bond donors (Lipinski definition) is 1. The molecule has 0 unspecified atom stereocenters. The zero-order valence-electron chi connectivity index (χ0n) is 13.3. The van der Waals surface area contributed by atoms with Crippen molar-refractivity contribution in [1.82, 2.24) is 10.2 Å². The molecule has 0 aliphatic heterocycles. The summed E-state index contributed by atoms with van der Waals surface area (Å²) in [4.78, 5) is 2.51. The Kier molecular flexibility index (Phi) is 7.17. The van der Waals surface area contributed by atoms with Gasteiger partial charge in [-0.25, -0.2) is 0 Å². The molecule has 0 aliphatic rings. The van der Waals surface area contributed by atoms with Gasteiger partial charge in [-0.15, -0.1) is 0 Å². The molecule has 3 heteroatoms. The highest BCUT2D eigenvalue weighted by atomic mass is 16.3. The first-order valence-electron chi connectivity index (χ1n) is 7.60. The Labute approximate surface area is 118 Å². The van der Waals surface area contributed by atoms with Crippen molar-refractivity contribution in [3.63, 3.8) is 0 Å². The molecule has 0 atom stereocenters. The van der Waals surface area contributed by atoms with Gasteiger partial charge >= 0.3 is 0 Å². The smallest absolute Gasteiger partial charge is 0.118 e. The van der Waals surface area contributed by atoms with Crippen LogP contribution in [0.25, 0.3) is 0 Å². The molecule has 110 valence electrons. The Morgan fingerprint density at radius 1 is 1.21 bits per heavy atom. The van der Waals surface area contributed by atoms with E-state index >= 15 is 0 Å². The topological polar surface area (TPSA) is 28.4 Å². The fourth-order valence-corrected chi connectivity index (χ4v) is 2.28. The van der Waals surface area contributed by atoms with Crippen LogP contribution in [0, 0.1) is 6.92 Å². The fourth-order valence-electron chi connectivity index (χ4n) is 2.28. The third kappa shape index (κ3) is 5.79. The van der Waals surface area contributed by atoms with E-state index in [1.807, 2.05) is 0 Å². The Hall–Kier alpha value is -0.800. The zero-order chi connectivity index (χ0) is 14.3. The van der Waals surface area contributed by atoms with Gasteiger partial charge in [0.25, 0.3) is 0 Å². The number of hydrogen-bond acceptors (Lipinski definition) is 3. The molecule has 0 bridgehead atoms. The number of rotatable bonds is 9. The van der Waals surface area contributed by atoms with Crippen LogP contribution < -0.4 is 5.32 Å². The molecule has 0 radical (unpaired) electrons. The van der Waals surface area contributed by atoms with E-state index in [1.54, 1.807) is 0 Å². The molecule has 0 amide bonds. The lowest BCUT2D eigenvalue weighted by Gasteiger charge is -2.20. The highest BCUT2D eigenvalue weighted by Gasteiger charge is 2.11. The molecule has 0 saturated carbocycles. The molecule has 1 aromatic heterocycles. The maximum Gasteiger partial charge on any atom is 0.118 e. The average Bonchev–Trinajstić information content (AvgIpc) is 2.68. The number of aryl methyl sites for hydroxylation is 1. The van der Waals surface area contributed by atoms with E-state index in [0.29, 0.717) is 6.04 Å². The maximum atomic E-state index is 5.83. The summed E-state index contributed by atoms with van der Waals surface area (Å²) in [5.74, 6) is 2.12. The second-order valence-corrected chi connectivity index (χ2v) is 5.61. The first-order chi connectivity index (χ1) is 9.06. The molecule has 1 heterocycles. The van der Waals surface area contributed by atoms with Crippen LogP contribution in [0.5, 0.6) is 0 Å². The maximum absolute atomic E-state index is 5.83. The van der Waals surface area contributed by atoms with Crippen molar-refractivity contribution in [2.24, 2.45) is 0 Å². The third-order valence-corrected chi connectivity index (χ3v) is 3.23. The van der Waals surface area contributed by atoms with Crippen LogP contribution in [0.4, 0.5) is 0 Å². The monoisotopic (exact) mass is 266 g/mol. The summed E-state index contributed by atoms with van der Waals surface area (Å²) < 4.78 is 5.83. The summed E-state index contributed by atoms with van der Waals surface area (Å²) >= 11 is 0. The quantitative estimate of drug-likeness (QED) is 0.738.